The van der Waals surface area contributed by atoms with Crippen LogP contribution in [0.4, 0.5) is 11.4 Å². The Kier molecular flexibility index (Phi) is 3.57. The Morgan fingerprint density at radius 1 is 1.28 bits per heavy atom. The first-order chi connectivity index (χ1) is 8.72. The predicted molar refractivity (Wildman–Crippen MR) is 72.4 cm³/mol. The van der Waals surface area contributed by atoms with Gasteiger partial charge in [-0.15, -0.1) is 0 Å². The monoisotopic (exact) mass is 241 g/mol. The molecule has 2 rings (SSSR count). The lowest BCUT2D eigenvalue weighted by atomic mass is 10.2. The number of benzene rings is 1. The number of aromatic nitrogens is 1. The fourth-order valence-electron chi connectivity index (χ4n) is 1.75. The molecule has 0 aliphatic heterocycles. The minimum absolute atomic E-state index is 0.143. The van der Waals surface area contributed by atoms with Gasteiger partial charge >= 0.3 is 0 Å². The van der Waals surface area contributed by atoms with Crippen molar-refractivity contribution in [3.8, 4) is 0 Å². The summed E-state index contributed by atoms with van der Waals surface area (Å²) in [5.74, 6) is -0.143. The first kappa shape index (κ1) is 12.1. The van der Waals surface area contributed by atoms with Gasteiger partial charge in [0, 0.05) is 24.1 Å². The summed E-state index contributed by atoms with van der Waals surface area (Å²) < 4.78 is 0. The SMILES string of the molecule is CCN(C(=O)c1cc(N)ccn1)c1ccccc1. The van der Waals surface area contributed by atoms with Gasteiger partial charge in [-0.2, -0.15) is 0 Å². The molecule has 0 radical (unpaired) electrons. The average molecular weight is 241 g/mol. The van der Waals surface area contributed by atoms with Crippen LogP contribution in [0.5, 0.6) is 0 Å². The summed E-state index contributed by atoms with van der Waals surface area (Å²) in [7, 11) is 0. The molecular weight excluding hydrogens is 226 g/mol. The van der Waals surface area contributed by atoms with Crippen LogP contribution in [0.2, 0.25) is 0 Å². The lowest BCUT2D eigenvalue weighted by Crippen LogP contribution is -2.31. The van der Waals surface area contributed by atoms with Crippen molar-refractivity contribution in [3.05, 3.63) is 54.4 Å². The molecule has 0 fully saturated rings. The van der Waals surface area contributed by atoms with Crippen LogP contribution in [0.25, 0.3) is 0 Å². The Labute approximate surface area is 106 Å². The topological polar surface area (TPSA) is 59.2 Å². The van der Waals surface area contributed by atoms with Crippen molar-refractivity contribution in [3.63, 3.8) is 0 Å². The fourth-order valence-corrected chi connectivity index (χ4v) is 1.75. The molecule has 1 heterocycles. The van der Waals surface area contributed by atoms with Crippen LogP contribution in [0.1, 0.15) is 17.4 Å². The largest absolute Gasteiger partial charge is 0.399 e. The standard InChI is InChI=1S/C14H15N3O/c1-2-17(12-6-4-3-5-7-12)14(18)13-10-11(15)8-9-16-13/h3-10H,2H2,1H3,(H2,15,16). The first-order valence-corrected chi connectivity index (χ1v) is 5.81. The van der Waals surface area contributed by atoms with Gasteiger partial charge in [0.05, 0.1) is 0 Å². The summed E-state index contributed by atoms with van der Waals surface area (Å²) in [6.45, 7) is 2.51. The van der Waals surface area contributed by atoms with Gasteiger partial charge in [0.25, 0.3) is 5.91 Å². The van der Waals surface area contributed by atoms with Gasteiger partial charge in [0.15, 0.2) is 0 Å². The van der Waals surface area contributed by atoms with Crippen molar-refractivity contribution in [2.45, 2.75) is 6.92 Å². The van der Waals surface area contributed by atoms with E-state index in [4.69, 9.17) is 5.73 Å². The Hall–Kier alpha value is -2.36. The molecule has 0 aliphatic rings. The van der Waals surface area contributed by atoms with E-state index >= 15 is 0 Å². The molecule has 0 atom stereocenters. The molecule has 0 saturated carbocycles. The van der Waals surface area contributed by atoms with Gasteiger partial charge in [0.1, 0.15) is 5.69 Å². The molecule has 0 aliphatic carbocycles. The van der Waals surface area contributed by atoms with Crippen molar-refractivity contribution >= 4 is 17.3 Å². The lowest BCUT2D eigenvalue weighted by Gasteiger charge is -2.20. The Morgan fingerprint density at radius 2 is 2.00 bits per heavy atom. The number of hydrogen-bond acceptors (Lipinski definition) is 3. The molecule has 18 heavy (non-hydrogen) atoms. The van der Waals surface area contributed by atoms with E-state index in [1.807, 2.05) is 37.3 Å². The summed E-state index contributed by atoms with van der Waals surface area (Å²) in [6.07, 6.45) is 1.54. The molecule has 4 nitrogen and oxygen atoms in total. The highest BCUT2D eigenvalue weighted by Crippen LogP contribution is 2.16. The second-order valence-corrected chi connectivity index (χ2v) is 3.86. The smallest absolute Gasteiger partial charge is 0.276 e. The molecule has 0 unspecified atom stereocenters. The quantitative estimate of drug-likeness (QED) is 0.897. The van der Waals surface area contributed by atoms with Crippen molar-refractivity contribution in [1.82, 2.24) is 4.98 Å². The van der Waals surface area contributed by atoms with Crippen molar-refractivity contribution in [2.24, 2.45) is 0 Å². The van der Waals surface area contributed by atoms with Crippen molar-refractivity contribution in [1.29, 1.82) is 0 Å². The Balaban J connectivity index is 2.32. The number of hydrogen-bond donors (Lipinski definition) is 1. The normalized spacial score (nSPS) is 10.1. The third-order valence-corrected chi connectivity index (χ3v) is 2.63. The maximum absolute atomic E-state index is 12.3. The second kappa shape index (κ2) is 5.31. The molecule has 1 aromatic carbocycles. The predicted octanol–water partition coefficient (Wildman–Crippen LogP) is 2.33. The van der Waals surface area contributed by atoms with Gasteiger partial charge in [-0.25, -0.2) is 0 Å². The van der Waals surface area contributed by atoms with Crippen molar-refractivity contribution < 1.29 is 4.79 Å². The number of pyridine rings is 1. The number of rotatable bonds is 3. The minimum atomic E-state index is -0.143. The number of nitrogen functional groups attached to an aromatic ring is 1. The zero-order chi connectivity index (χ0) is 13.0. The van der Waals surface area contributed by atoms with E-state index in [9.17, 15) is 4.79 Å². The molecule has 4 heteroatoms. The van der Waals surface area contributed by atoms with Gasteiger partial charge < -0.3 is 10.6 Å². The van der Waals surface area contributed by atoms with Crippen LogP contribution in [-0.2, 0) is 0 Å². The number of carbonyl (C=O) groups is 1. The van der Waals surface area contributed by atoms with E-state index in [1.54, 1.807) is 23.2 Å². The highest BCUT2D eigenvalue weighted by molar-refractivity contribution is 6.05. The maximum atomic E-state index is 12.3. The Bertz CT molecular complexity index is 540. The molecule has 0 saturated heterocycles. The highest BCUT2D eigenvalue weighted by Gasteiger charge is 2.16. The van der Waals surface area contributed by atoms with E-state index in [-0.39, 0.29) is 5.91 Å². The molecule has 92 valence electrons. The third kappa shape index (κ3) is 2.48. The molecule has 2 aromatic rings. The van der Waals surface area contributed by atoms with Crippen LogP contribution < -0.4 is 10.6 Å². The molecule has 0 bridgehead atoms. The molecule has 1 aromatic heterocycles. The van der Waals surface area contributed by atoms with Crippen LogP contribution in [0.3, 0.4) is 0 Å². The number of para-hydroxylation sites is 1. The van der Waals surface area contributed by atoms with E-state index in [0.29, 0.717) is 17.9 Å². The van der Waals surface area contributed by atoms with E-state index in [0.717, 1.165) is 5.69 Å². The fraction of sp³-hybridized carbons (Fsp3) is 0.143. The number of anilines is 2. The van der Waals surface area contributed by atoms with E-state index < -0.39 is 0 Å². The maximum Gasteiger partial charge on any atom is 0.276 e. The molecule has 0 spiro atoms. The van der Waals surface area contributed by atoms with Gasteiger partial charge in [-0.3, -0.25) is 9.78 Å². The number of nitrogens with two attached hydrogens (primary N) is 1. The van der Waals surface area contributed by atoms with Crippen LogP contribution in [-0.4, -0.2) is 17.4 Å². The van der Waals surface area contributed by atoms with Crippen molar-refractivity contribution in [2.75, 3.05) is 17.2 Å². The van der Waals surface area contributed by atoms with Crippen LogP contribution in [0.15, 0.2) is 48.7 Å². The number of carbonyl (C=O) groups excluding carboxylic acids is 1. The van der Waals surface area contributed by atoms with E-state index in [2.05, 4.69) is 4.98 Å². The van der Waals surface area contributed by atoms with Gasteiger partial charge in [-0.05, 0) is 31.2 Å². The van der Waals surface area contributed by atoms with Gasteiger partial charge in [0.2, 0.25) is 0 Å². The Morgan fingerprint density at radius 3 is 2.61 bits per heavy atom. The molecular formula is C14H15N3O. The summed E-state index contributed by atoms with van der Waals surface area (Å²) in [5.41, 5.74) is 7.42. The lowest BCUT2D eigenvalue weighted by molar-refractivity contribution is 0.0983. The first-order valence-electron chi connectivity index (χ1n) is 5.81. The zero-order valence-electron chi connectivity index (χ0n) is 10.2. The van der Waals surface area contributed by atoms with Crippen LogP contribution >= 0.6 is 0 Å². The highest BCUT2D eigenvalue weighted by atomic mass is 16.2. The summed E-state index contributed by atoms with van der Waals surface area (Å²) in [5, 5.41) is 0. The summed E-state index contributed by atoms with van der Waals surface area (Å²) >= 11 is 0. The minimum Gasteiger partial charge on any atom is -0.399 e. The zero-order valence-corrected chi connectivity index (χ0v) is 10.2. The summed E-state index contributed by atoms with van der Waals surface area (Å²) in [4.78, 5) is 18.1. The number of amides is 1. The summed E-state index contributed by atoms with van der Waals surface area (Å²) in [6, 6.07) is 12.8. The van der Waals surface area contributed by atoms with E-state index in [1.165, 1.54) is 0 Å². The number of nitrogens with zero attached hydrogens (tertiary/aromatic N) is 2. The average Bonchev–Trinajstić information content (AvgIpc) is 2.41. The second-order valence-electron chi connectivity index (χ2n) is 3.86. The van der Waals surface area contributed by atoms with Crippen LogP contribution in [0, 0.1) is 0 Å². The molecule has 1 amide bonds. The third-order valence-electron chi connectivity index (χ3n) is 2.63. The molecule has 2 N–H and O–H groups in total. The van der Waals surface area contributed by atoms with Gasteiger partial charge in [-0.1, -0.05) is 18.2 Å².